The van der Waals surface area contributed by atoms with Crippen molar-refractivity contribution in [1.29, 1.82) is 0 Å². The molecular weight excluding hydrogens is 176 g/mol. The lowest BCUT2D eigenvalue weighted by atomic mass is 10.0. The number of thioether (sulfide) groups is 1. The summed E-state index contributed by atoms with van der Waals surface area (Å²) in [4.78, 5) is 1.51. The first-order valence-electron chi connectivity index (χ1n) is 4.75. The van der Waals surface area contributed by atoms with Crippen LogP contribution in [-0.4, -0.2) is 0 Å². The fourth-order valence-electron chi connectivity index (χ4n) is 1.68. The smallest absolute Gasteiger partial charge is 0.0140 e. The molecule has 0 spiro atoms. The number of rotatable bonds is 1. The van der Waals surface area contributed by atoms with Crippen molar-refractivity contribution in [2.24, 2.45) is 0 Å². The molecule has 2 aliphatic rings. The van der Waals surface area contributed by atoms with Gasteiger partial charge in [0.05, 0.1) is 0 Å². The van der Waals surface area contributed by atoms with Crippen molar-refractivity contribution in [1.82, 2.24) is 0 Å². The summed E-state index contributed by atoms with van der Waals surface area (Å²) < 4.78 is 0. The molecular formula is C12H14S. The van der Waals surface area contributed by atoms with Gasteiger partial charge in [0.2, 0.25) is 0 Å². The standard InChI is InChI=1S/C12H14S/c1-10-6-5-9-13-12(10)11-7-3-2-4-8-11/h2-3,5,7,9H,4,6,8H2,1H3. The zero-order chi connectivity index (χ0) is 9.10. The molecule has 0 unspecified atom stereocenters. The second-order valence-corrected chi connectivity index (χ2v) is 4.38. The number of allylic oxidation sites excluding steroid dienone is 6. The van der Waals surface area contributed by atoms with Gasteiger partial charge < -0.3 is 0 Å². The van der Waals surface area contributed by atoms with E-state index in [2.05, 4.69) is 36.6 Å². The summed E-state index contributed by atoms with van der Waals surface area (Å²) in [5, 5.41) is 2.21. The van der Waals surface area contributed by atoms with Crippen molar-refractivity contribution in [2.75, 3.05) is 0 Å². The van der Waals surface area contributed by atoms with E-state index >= 15 is 0 Å². The molecule has 0 nitrogen and oxygen atoms in total. The molecule has 2 rings (SSSR count). The fraction of sp³-hybridized carbons (Fsp3) is 0.333. The molecule has 0 aromatic heterocycles. The first-order valence-corrected chi connectivity index (χ1v) is 5.63. The molecule has 0 saturated carbocycles. The second kappa shape index (κ2) is 4.01. The van der Waals surface area contributed by atoms with Gasteiger partial charge in [0.15, 0.2) is 0 Å². The largest absolute Gasteiger partial charge is 0.0982 e. The van der Waals surface area contributed by atoms with Gasteiger partial charge in [0.25, 0.3) is 0 Å². The van der Waals surface area contributed by atoms with E-state index in [0.717, 1.165) is 6.42 Å². The predicted molar refractivity (Wildman–Crippen MR) is 60.5 cm³/mol. The summed E-state index contributed by atoms with van der Waals surface area (Å²) in [6.07, 6.45) is 12.5. The minimum atomic E-state index is 1.13. The van der Waals surface area contributed by atoms with Crippen LogP contribution in [0.1, 0.15) is 26.2 Å². The van der Waals surface area contributed by atoms with Crippen molar-refractivity contribution in [3.05, 3.63) is 45.8 Å². The SMILES string of the molecule is CC1=C(C2=CC=CCC2)SC=CC1. The van der Waals surface area contributed by atoms with E-state index in [-0.39, 0.29) is 0 Å². The third kappa shape index (κ3) is 1.97. The quantitative estimate of drug-likeness (QED) is 0.597. The minimum Gasteiger partial charge on any atom is -0.0982 e. The maximum atomic E-state index is 2.26. The molecule has 0 aromatic carbocycles. The first-order chi connectivity index (χ1) is 6.38. The Hall–Kier alpha value is -0.690. The summed E-state index contributed by atoms with van der Waals surface area (Å²) in [5.74, 6) is 0. The van der Waals surface area contributed by atoms with Gasteiger partial charge in [-0.2, -0.15) is 0 Å². The fourth-order valence-corrected chi connectivity index (χ4v) is 2.61. The van der Waals surface area contributed by atoms with Gasteiger partial charge in [0.1, 0.15) is 0 Å². The molecule has 13 heavy (non-hydrogen) atoms. The van der Waals surface area contributed by atoms with Crippen LogP contribution in [0.25, 0.3) is 0 Å². The lowest BCUT2D eigenvalue weighted by molar-refractivity contribution is 0.977. The third-order valence-corrected chi connectivity index (χ3v) is 3.57. The Morgan fingerprint density at radius 1 is 1.31 bits per heavy atom. The summed E-state index contributed by atoms with van der Waals surface area (Å²) in [6.45, 7) is 2.24. The minimum absolute atomic E-state index is 1.13. The zero-order valence-corrected chi connectivity index (χ0v) is 8.73. The topological polar surface area (TPSA) is 0 Å². The molecule has 68 valence electrons. The molecule has 0 fully saturated rings. The van der Waals surface area contributed by atoms with Gasteiger partial charge in [-0.05, 0) is 37.2 Å². The molecule has 0 N–H and O–H groups in total. The second-order valence-electron chi connectivity index (χ2n) is 3.46. The lowest BCUT2D eigenvalue weighted by Gasteiger charge is -2.17. The van der Waals surface area contributed by atoms with Crippen LogP contribution in [0, 0.1) is 0 Å². The molecule has 1 heteroatoms. The van der Waals surface area contributed by atoms with Gasteiger partial charge in [-0.3, -0.25) is 0 Å². The highest BCUT2D eigenvalue weighted by Gasteiger charge is 2.11. The summed E-state index contributed by atoms with van der Waals surface area (Å²) in [7, 11) is 0. The van der Waals surface area contributed by atoms with Gasteiger partial charge in [-0.1, -0.05) is 41.6 Å². The monoisotopic (exact) mass is 190 g/mol. The van der Waals surface area contributed by atoms with Crippen LogP contribution >= 0.6 is 11.8 Å². The van der Waals surface area contributed by atoms with Crippen LogP contribution in [0.5, 0.6) is 0 Å². The van der Waals surface area contributed by atoms with Crippen LogP contribution < -0.4 is 0 Å². The molecule has 1 aliphatic carbocycles. The Kier molecular flexibility index (Phi) is 2.74. The van der Waals surface area contributed by atoms with Gasteiger partial charge in [0, 0.05) is 4.91 Å². The average Bonchev–Trinajstić information content (AvgIpc) is 2.20. The summed E-state index contributed by atoms with van der Waals surface area (Å²) in [6, 6.07) is 0. The van der Waals surface area contributed by atoms with Crippen LogP contribution in [-0.2, 0) is 0 Å². The maximum Gasteiger partial charge on any atom is 0.0140 e. The van der Waals surface area contributed by atoms with E-state index in [9.17, 15) is 0 Å². The van der Waals surface area contributed by atoms with Crippen molar-refractivity contribution in [3.8, 4) is 0 Å². The Bertz CT molecular complexity index is 316. The Morgan fingerprint density at radius 2 is 2.23 bits per heavy atom. The Labute approximate surface area is 84.1 Å². The molecule has 0 radical (unpaired) electrons. The summed E-state index contributed by atoms with van der Waals surface area (Å²) >= 11 is 1.87. The highest BCUT2D eigenvalue weighted by Crippen LogP contribution is 2.36. The van der Waals surface area contributed by atoms with E-state index in [4.69, 9.17) is 0 Å². The molecule has 1 aliphatic heterocycles. The van der Waals surface area contributed by atoms with Crippen molar-refractivity contribution in [3.63, 3.8) is 0 Å². The van der Waals surface area contributed by atoms with Crippen LogP contribution in [0.3, 0.4) is 0 Å². The van der Waals surface area contributed by atoms with Crippen molar-refractivity contribution in [2.45, 2.75) is 26.2 Å². The Balaban J connectivity index is 2.24. The molecule has 0 atom stereocenters. The predicted octanol–water partition coefficient (Wildman–Crippen LogP) is 4.19. The van der Waals surface area contributed by atoms with Crippen molar-refractivity contribution < 1.29 is 0 Å². The highest BCUT2D eigenvalue weighted by molar-refractivity contribution is 8.06. The van der Waals surface area contributed by atoms with Gasteiger partial charge in [-0.25, -0.2) is 0 Å². The number of hydrogen-bond donors (Lipinski definition) is 0. The van der Waals surface area contributed by atoms with E-state index in [1.165, 1.54) is 28.9 Å². The van der Waals surface area contributed by atoms with Crippen LogP contribution in [0.2, 0.25) is 0 Å². The maximum absolute atomic E-state index is 2.26. The summed E-state index contributed by atoms with van der Waals surface area (Å²) in [5.41, 5.74) is 3.04. The van der Waals surface area contributed by atoms with E-state index in [0.29, 0.717) is 0 Å². The molecule has 0 bridgehead atoms. The lowest BCUT2D eigenvalue weighted by Crippen LogP contribution is -1.94. The van der Waals surface area contributed by atoms with Gasteiger partial charge in [-0.15, -0.1) is 0 Å². The normalized spacial score (nSPS) is 22.1. The first kappa shape index (κ1) is 8.89. The van der Waals surface area contributed by atoms with Gasteiger partial charge >= 0.3 is 0 Å². The van der Waals surface area contributed by atoms with E-state index in [1.54, 1.807) is 0 Å². The van der Waals surface area contributed by atoms with E-state index in [1.807, 2.05) is 11.8 Å². The van der Waals surface area contributed by atoms with Crippen LogP contribution in [0.4, 0.5) is 0 Å². The van der Waals surface area contributed by atoms with Crippen molar-refractivity contribution >= 4 is 11.8 Å². The molecule has 0 aromatic rings. The molecule has 0 amide bonds. The third-order valence-electron chi connectivity index (χ3n) is 2.40. The Morgan fingerprint density at radius 3 is 2.92 bits per heavy atom. The van der Waals surface area contributed by atoms with Crippen LogP contribution in [0.15, 0.2) is 45.8 Å². The molecule has 1 heterocycles. The zero-order valence-electron chi connectivity index (χ0n) is 7.92. The molecule has 0 saturated heterocycles. The number of hydrogen-bond acceptors (Lipinski definition) is 1. The highest BCUT2D eigenvalue weighted by atomic mass is 32.2. The average molecular weight is 190 g/mol. The van der Waals surface area contributed by atoms with E-state index < -0.39 is 0 Å².